The third kappa shape index (κ3) is 3.26. The summed E-state index contributed by atoms with van der Waals surface area (Å²) in [5.74, 6) is -1.75. The molecule has 1 saturated heterocycles. The Hall–Kier alpha value is -1.24. The third-order valence-electron chi connectivity index (χ3n) is 3.44. The van der Waals surface area contributed by atoms with Crippen molar-refractivity contribution >= 4 is 21.8 Å². The van der Waals surface area contributed by atoms with Crippen molar-refractivity contribution < 1.29 is 23.1 Å². The van der Waals surface area contributed by atoms with Crippen molar-refractivity contribution in [2.45, 2.75) is 19.0 Å². The number of aromatic hydroxyl groups is 1. The van der Waals surface area contributed by atoms with Crippen LogP contribution in [0.5, 0.6) is 5.75 Å². The number of phenolic OH excluding ortho intramolecular Hbond substituents is 1. The van der Waals surface area contributed by atoms with Gasteiger partial charge in [0.15, 0.2) is 0 Å². The molecule has 0 saturated carbocycles. The van der Waals surface area contributed by atoms with Crippen LogP contribution in [0.25, 0.3) is 0 Å². The van der Waals surface area contributed by atoms with E-state index in [1.54, 1.807) is 0 Å². The Bertz CT molecular complexity index is 511. The van der Waals surface area contributed by atoms with Gasteiger partial charge in [0, 0.05) is 18.7 Å². The van der Waals surface area contributed by atoms with Crippen LogP contribution in [0.15, 0.2) is 22.7 Å². The van der Waals surface area contributed by atoms with Gasteiger partial charge < -0.3 is 10.0 Å². The second-order valence-electron chi connectivity index (χ2n) is 4.77. The maximum absolute atomic E-state index is 12.5. The van der Waals surface area contributed by atoms with E-state index in [2.05, 4.69) is 15.9 Å². The standard InChI is InChI=1S/C13H13BrF3NO2/c14-10-2-1-8(7-11(10)19)12(20)18-5-3-9(4-6-18)13(15,16)17/h1-2,7,9,19H,3-6H2. The van der Waals surface area contributed by atoms with Gasteiger partial charge in [0.2, 0.25) is 0 Å². The number of nitrogens with zero attached hydrogens (tertiary/aromatic N) is 1. The fourth-order valence-electron chi connectivity index (χ4n) is 2.24. The Morgan fingerprint density at radius 3 is 2.40 bits per heavy atom. The Kier molecular flexibility index (Phi) is 4.27. The van der Waals surface area contributed by atoms with Crippen LogP contribution in [0.3, 0.4) is 0 Å². The molecule has 3 nitrogen and oxygen atoms in total. The largest absolute Gasteiger partial charge is 0.507 e. The van der Waals surface area contributed by atoms with E-state index >= 15 is 0 Å². The number of hydrogen-bond acceptors (Lipinski definition) is 2. The number of hydrogen-bond donors (Lipinski definition) is 1. The maximum Gasteiger partial charge on any atom is 0.391 e. The molecule has 1 N–H and O–H groups in total. The number of benzene rings is 1. The lowest BCUT2D eigenvalue weighted by atomic mass is 9.96. The summed E-state index contributed by atoms with van der Waals surface area (Å²) >= 11 is 3.10. The first-order valence-electron chi connectivity index (χ1n) is 6.13. The second kappa shape index (κ2) is 5.63. The van der Waals surface area contributed by atoms with Crippen LogP contribution in [-0.2, 0) is 0 Å². The summed E-state index contributed by atoms with van der Waals surface area (Å²) in [6.45, 7) is 0.166. The summed E-state index contributed by atoms with van der Waals surface area (Å²) in [6.07, 6.45) is -4.33. The smallest absolute Gasteiger partial charge is 0.391 e. The van der Waals surface area contributed by atoms with Gasteiger partial charge in [-0.05, 0) is 47.0 Å². The molecule has 1 amide bonds. The normalized spacial score (nSPS) is 17.3. The number of halogens is 4. The lowest BCUT2D eigenvalue weighted by Crippen LogP contribution is -2.42. The fraction of sp³-hybridized carbons (Fsp3) is 0.462. The molecule has 1 aliphatic heterocycles. The number of alkyl halides is 3. The van der Waals surface area contributed by atoms with Gasteiger partial charge in [-0.1, -0.05) is 0 Å². The first kappa shape index (κ1) is 15.2. The van der Waals surface area contributed by atoms with Gasteiger partial charge in [-0.25, -0.2) is 0 Å². The highest BCUT2D eigenvalue weighted by atomic mass is 79.9. The van der Waals surface area contributed by atoms with Crippen molar-refractivity contribution in [1.29, 1.82) is 0 Å². The first-order chi connectivity index (χ1) is 9.29. The molecule has 0 unspecified atom stereocenters. The highest BCUT2D eigenvalue weighted by Gasteiger charge is 2.41. The van der Waals surface area contributed by atoms with Crippen LogP contribution >= 0.6 is 15.9 Å². The number of carbonyl (C=O) groups is 1. The van der Waals surface area contributed by atoms with Crippen LogP contribution in [0.1, 0.15) is 23.2 Å². The van der Waals surface area contributed by atoms with Crippen molar-refractivity contribution in [1.82, 2.24) is 4.90 Å². The number of carbonyl (C=O) groups excluding carboxylic acids is 1. The van der Waals surface area contributed by atoms with Crippen molar-refractivity contribution in [3.63, 3.8) is 0 Å². The van der Waals surface area contributed by atoms with E-state index in [0.717, 1.165) is 0 Å². The predicted molar refractivity (Wildman–Crippen MR) is 70.5 cm³/mol. The average molecular weight is 352 g/mol. The third-order valence-corrected chi connectivity index (χ3v) is 4.11. The van der Waals surface area contributed by atoms with Gasteiger partial charge in [-0.15, -0.1) is 0 Å². The Morgan fingerprint density at radius 2 is 1.90 bits per heavy atom. The summed E-state index contributed by atoms with van der Waals surface area (Å²) < 4.78 is 38.1. The van der Waals surface area contributed by atoms with Gasteiger partial charge in [0.25, 0.3) is 5.91 Å². The molecule has 0 radical (unpaired) electrons. The van der Waals surface area contributed by atoms with Gasteiger partial charge in [-0.3, -0.25) is 4.79 Å². The van der Waals surface area contributed by atoms with Crippen LogP contribution in [-0.4, -0.2) is 35.2 Å². The highest BCUT2D eigenvalue weighted by Crippen LogP contribution is 2.34. The lowest BCUT2D eigenvalue weighted by molar-refractivity contribution is -0.183. The lowest BCUT2D eigenvalue weighted by Gasteiger charge is -2.33. The first-order valence-corrected chi connectivity index (χ1v) is 6.93. The number of piperidine rings is 1. The van der Waals surface area contributed by atoms with Crippen LogP contribution in [0.4, 0.5) is 13.2 Å². The summed E-state index contributed by atoms with van der Waals surface area (Å²) in [5.41, 5.74) is 0.274. The SMILES string of the molecule is O=C(c1ccc(Br)c(O)c1)N1CCC(C(F)(F)F)CC1. The molecular weight excluding hydrogens is 339 g/mol. The van der Waals surface area contributed by atoms with Gasteiger partial charge in [0.05, 0.1) is 10.4 Å². The zero-order valence-electron chi connectivity index (χ0n) is 10.5. The quantitative estimate of drug-likeness (QED) is 0.840. The Morgan fingerprint density at radius 1 is 1.30 bits per heavy atom. The molecule has 2 rings (SSSR count). The molecule has 20 heavy (non-hydrogen) atoms. The van der Waals surface area contributed by atoms with E-state index in [1.165, 1.54) is 23.1 Å². The minimum atomic E-state index is -4.19. The predicted octanol–water partition coefficient (Wildman–Crippen LogP) is 3.57. The van der Waals surface area contributed by atoms with E-state index in [9.17, 15) is 23.1 Å². The molecule has 7 heteroatoms. The summed E-state index contributed by atoms with van der Waals surface area (Å²) in [4.78, 5) is 13.5. The number of likely N-dealkylation sites (tertiary alicyclic amines) is 1. The van der Waals surface area contributed by atoms with Crippen LogP contribution in [0, 0.1) is 5.92 Å². The Labute approximate surface area is 122 Å². The topological polar surface area (TPSA) is 40.5 Å². The highest BCUT2D eigenvalue weighted by molar-refractivity contribution is 9.10. The molecule has 0 bridgehead atoms. The van der Waals surface area contributed by atoms with Gasteiger partial charge >= 0.3 is 6.18 Å². The van der Waals surface area contributed by atoms with Gasteiger partial charge in [0.1, 0.15) is 5.75 Å². The molecular formula is C13H13BrF3NO2. The number of rotatable bonds is 1. The monoisotopic (exact) mass is 351 g/mol. The number of amides is 1. The molecule has 0 atom stereocenters. The summed E-state index contributed by atoms with van der Waals surface area (Å²) in [7, 11) is 0. The molecule has 1 fully saturated rings. The number of phenols is 1. The molecule has 0 aliphatic carbocycles. The zero-order chi connectivity index (χ0) is 14.9. The molecule has 0 aromatic heterocycles. The van der Waals surface area contributed by atoms with Crippen molar-refractivity contribution in [3.05, 3.63) is 28.2 Å². The van der Waals surface area contributed by atoms with Crippen molar-refractivity contribution in [3.8, 4) is 5.75 Å². The average Bonchev–Trinajstić information content (AvgIpc) is 2.40. The molecule has 0 spiro atoms. The summed E-state index contributed by atoms with van der Waals surface area (Å²) in [5, 5.41) is 9.53. The molecule has 110 valence electrons. The zero-order valence-corrected chi connectivity index (χ0v) is 12.0. The van der Waals surface area contributed by atoms with Crippen molar-refractivity contribution in [2.75, 3.05) is 13.1 Å². The summed E-state index contributed by atoms with van der Waals surface area (Å²) in [6, 6.07) is 4.37. The Balaban J connectivity index is 2.03. The van der Waals surface area contributed by atoms with E-state index in [-0.39, 0.29) is 43.2 Å². The minimum absolute atomic E-state index is 0.0685. The van der Waals surface area contributed by atoms with Gasteiger partial charge in [-0.2, -0.15) is 13.2 Å². The maximum atomic E-state index is 12.5. The van der Waals surface area contributed by atoms with Crippen LogP contribution in [0.2, 0.25) is 0 Å². The minimum Gasteiger partial charge on any atom is -0.507 e. The fourth-order valence-corrected chi connectivity index (χ4v) is 2.48. The molecule has 1 aliphatic rings. The van der Waals surface area contributed by atoms with Crippen LogP contribution < -0.4 is 0 Å². The van der Waals surface area contributed by atoms with Crippen molar-refractivity contribution in [2.24, 2.45) is 5.92 Å². The van der Waals surface area contributed by atoms with E-state index in [4.69, 9.17) is 0 Å². The van der Waals surface area contributed by atoms with E-state index in [1.807, 2.05) is 0 Å². The molecule has 1 aromatic carbocycles. The molecule has 1 aromatic rings. The van der Waals surface area contributed by atoms with E-state index in [0.29, 0.717) is 4.47 Å². The van der Waals surface area contributed by atoms with E-state index < -0.39 is 12.1 Å². The second-order valence-corrected chi connectivity index (χ2v) is 5.63. The molecule has 1 heterocycles.